The molecule has 4 nitrogen and oxygen atoms in total. The molecule has 11 heavy (non-hydrogen) atoms. The van der Waals surface area contributed by atoms with Crippen molar-refractivity contribution in [2.75, 3.05) is 5.75 Å². The lowest BCUT2D eigenvalue weighted by molar-refractivity contribution is -0.118. The van der Waals surface area contributed by atoms with Crippen molar-refractivity contribution in [2.24, 2.45) is 0 Å². The van der Waals surface area contributed by atoms with Crippen molar-refractivity contribution in [2.45, 2.75) is 12.8 Å². The highest BCUT2D eigenvalue weighted by Crippen LogP contribution is 1.97. The van der Waals surface area contributed by atoms with E-state index in [1.165, 1.54) is 0 Å². The van der Waals surface area contributed by atoms with Crippen molar-refractivity contribution < 1.29 is 13.2 Å². The van der Waals surface area contributed by atoms with Crippen LogP contribution in [0, 0.1) is 0 Å². The monoisotopic (exact) mass is 176 g/mol. The molecule has 0 aliphatic heterocycles. The van der Waals surface area contributed by atoms with Gasteiger partial charge in [-0.1, -0.05) is 6.58 Å². The van der Waals surface area contributed by atoms with Gasteiger partial charge in [0.1, 0.15) is 0 Å². The first-order chi connectivity index (χ1) is 4.98. The van der Waals surface area contributed by atoms with Crippen LogP contribution in [-0.2, 0) is 14.6 Å². The summed E-state index contributed by atoms with van der Waals surface area (Å²) < 4.78 is 21.4. The molecule has 5 heteroatoms. The number of nitrogens with one attached hydrogen (secondary N) is 1. The van der Waals surface area contributed by atoms with E-state index in [1.54, 1.807) is 0 Å². The second-order valence-electron chi connectivity index (χ2n) is 2.06. The zero-order chi connectivity index (χ0) is 8.91. The topological polar surface area (TPSA) is 75.0 Å². The van der Waals surface area contributed by atoms with Crippen molar-refractivity contribution in [3.05, 3.63) is 12.0 Å². The van der Waals surface area contributed by atoms with Crippen molar-refractivity contribution in [3.63, 3.8) is 0 Å². The lowest BCUT2D eigenvalue weighted by Crippen LogP contribution is -2.05. The van der Waals surface area contributed by atoms with Crippen molar-refractivity contribution >= 4 is 15.7 Å². The van der Waals surface area contributed by atoms with Gasteiger partial charge < -0.3 is 0 Å². The van der Waals surface area contributed by atoms with E-state index >= 15 is 0 Å². The normalized spacial score (nSPS) is 10.9. The Morgan fingerprint density at radius 3 is 2.45 bits per heavy atom. The summed E-state index contributed by atoms with van der Waals surface area (Å²) in [5.41, 5.74) is 6.48. The molecule has 1 amide bonds. The lowest BCUT2D eigenvalue weighted by atomic mass is 10.3. The Labute approximate surface area is 66.0 Å². The van der Waals surface area contributed by atoms with E-state index < -0.39 is 15.7 Å². The van der Waals surface area contributed by atoms with E-state index in [2.05, 4.69) is 6.58 Å². The molecule has 0 aromatic rings. The Morgan fingerprint density at radius 1 is 1.55 bits per heavy atom. The SMILES string of the molecule is C=CS(=O)(=O)CCCC([NH])=O. The standard InChI is InChI=1S/C6H10NO3S/c1-2-11(9,10)5-3-4-6(7)8/h2,7H,1,3-5H2. The van der Waals surface area contributed by atoms with E-state index in [4.69, 9.17) is 5.73 Å². The minimum absolute atomic E-state index is 0.00687. The molecule has 0 aromatic carbocycles. The fraction of sp³-hybridized carbons (Fsp3) is 0.500. The first-order valence-electron chi connectivity index (χ1n) is 3.07. The minimum atomic E-state index is -3.19. The third kappa shape index (κ3) is 5.60. The average molecular weight is 176 g/mol. The number of carbonyl (C=O) groups excluding carboxylic acids is 1. The summed E-state index contributed by atoms with van der Waals surface area (Å²) in [7, 11) is -3.19. The third-order valence-electron chi connectivity index (χ3n) is 1.09. The van der Waals surface area contributed by atoms with Gasteiger partial charge in [-0.15, -0.1) is 0 Å². The molecule has 0 aromatic heterocycles. The molecule has 0 atom stereocenters. The maximum Gasteiger partial charge on any atom is 0.238 e. The van der Waals surface area contributed by atoms with Crippen LogP contribution in [0.1, 0.15) is 12.8 Å². The summed E-state index contributed by atoms with van der Waals surface area (Å²) in [6.45, 7) is 3.11. The summed E-state index contributed by atoms with van der Waals surface area (Å²) in [5, 5.41) is 0.863. The zero-order valence-corrected chi connectivity index (χ0v) is 6.86. The highest BCUT2D eigenvalue weighted by atomic mass is 32.2. The van der Waals surface area contributed by atoms with E-state index in [-0.39, 0.29) is 18.6 Å². The van der Waals surface area contributed by atoms with E-state index in [0.29, 0.717) is 0 Å². The van der Waals surface area contributed by atoms with E-state index in [0.717, 1.165) is 5.41 Å². The van der Waals surface area contributed by atoms with Gasteiger partial charge in [0.05, 0.1) is 5.75 Å². The molecule has 0 heterocycles. The van der Waals surface area contributed by atoms with Crippen LogP contribution in [0.5, 0.6) is 0 Å². The second-order valence-corrected chi connectivity index (χ2v) is 4.13. The van der Waals surface area contributed by atoms with Crippen molar-refractivity contribution in [1.29, 1.82) is 0 Å². The molecule has 0 unspecified atom stereocenters. The van der Waals surface area contributed by atoms with Crippen LogP contribution >= 0.6 is 0 Å². The quantitative estimate of drug-likeness (QED) is 0.597. The molecule has 0 saturated heterocycles. The first kappa shape index (κ1) is 10.2. The lowest BCUT2D eigenvalue weighted by Gasteiger charge is -1.94. The Kier molecular flexibility index (Phi) is 3.81. The molecule has 63 valence electrons. The van der Waals surface area contributed by atoms with Gasteiger partial charge in [-0.05, 0) is 6.42 Å². The van der Waals surface area contributed by atoms with Crippen LogP contribution in [0.4, 0.5) is 0 Å². The van der Waals surface area contributed by atoms with Gasteiger partial charge in [0.15, 0.2) is 9.84 Å². The largest absolute Gasteiger partial charge is 0.273 e. The van der Waals surface area contributed by atoms with Crippen molar-refractivity contribution in [1.82, 2.24) is 5.73 Å². The predicted molar refractivity (Wildman–Crippen MR) is 41.3 cm³/mol. The first-order valence-corrected chi connectivity index (χ1v) is 4.79. The Hall–Kier alpha value is -0.840. The fourth-order valence-electron chi connectivity index (χ4n) is 0.517. The van der Waals surface area contributed by atoms with Crippen LogP contribution < -0.4 is 5.73 Å². The number of sulfone groups is 1. The van der Waals surface area contributed by atoms with E-state index in [9.17, 15) is 13.2 Å². The maximum atomic E-state index is 10.7. The van der Waals surface area contributed by atoms with Gasteiger partial charge in [0, 0.05) is 11.8 Å². The summed E-state index contributed by atoms with van der Waals surface area (Å²) in [6.07, 6.45) is 0.198. The Balaban J connectivity index is 3.72. The number of rotatable bonds is 5. The molecule has 0 spiro atoms. The van der Waals surface area contributed by atoms with Crippen LogP contribution in [0.2, 0.25) is 0 Å². The zero-order valence-electron chi connectivity index (χ0n) is 6.04. The van der Waals surface area contributed by atoms with Crippen molar-refractivity contribution in [3.8, 4) is 0 Å². The predicted octanol–water partition coefficient (Wildman–Crippen LogP) is 0.134. The van der Waals surface area contributed by atoms with Gasteiger partial charge >= 0.3 is 0 Å². The molecule has 1 radical (unpaired) electrons. The molecule has 1 N–H and O–H groups in total. The Bertz CT molecular complexity index is 243. The summed E-state index contributed by atoms with van der Waals surface area (Å²) >= 11 is 0. The minimum Gasteiger partial charge on any atom is -0.273 e. The summed E-state index contributed by atoms with van der Waals surface area (Å²) in [6, 6.07) is 0. The van der Waals surface area contributed by atoms with Gasteiger partial charge in [0.25, 0.3) is 0 Å². The number of hydrogen-bond donors (Lipinski definition) is 0. The number of carbonyl (C=O) groups is 1. The molecule has 0 aliphatic rings. The van der Waals surface area contributed by atoms with Gasteiger partial charge in [0.2, 0.25) is 5.91 Å². The third-order valence-corrected chi connectivity index (χ3v) is 2.45. The van der Waals surface area contributed by atoms with Crippen LogP contribution in [-0.4, -0.2) is 20.1 Å². The highest BCUT2D eigenvalue weighted by Gasteiger charge is 2.05. The maximum absolute atomic E-state index is 10.7. The second kappa shape index (κ2) is 4.12. The molecular formula is C6H10NO3S. The number of amides is 1. The van der Waals surface area contributed by atoms with Crippen LogP contribution in [0.25, 0.3) is 0 Å². The molecule has 0 bridgehead atoms. The van der Waals surface area contributed by atoms with Gasteiger partial charge in [-0.2, -0.15) is 0 Å². The summed E-state index contributed by atoms with van der Waals surface area (Å²) in [4.78, 5) is 10.1. The smallest absolute Gasteiger partial charge is 0.238 e. The van der Waals surface area contributed by atoms with Gasteiger partial charge in [-0.25, -0.2) is 8.42 Å². The molecule has 0 aliphatic carbocycles. The molecule has 0 rings (SSSR count). The van der Waals surface area contributed by atoms with E-state index in [1.807, 2.05) is 0 Å². The fourth-order valence-corrected chi connectivity index (χ4v) is 1.23. The molecular weight excluding hydrogens is 166 g/mol. The highest BCUT2D eigenvalue weighted by molar-refractivity contribution is 7.94. The average Bonchev–Trinajstić information content (AvgIpc) is 1.87. The Morgan fingerprint density at radius 2 is 2.09 bits per heavy atom. The molecule has 0 fully saturated rings. The molecule has 0 saturated carbocycles. The van der Waals surface area contributed by atoms with Crippen LogP contribution in [0.3, 0.4) is 0 Å². The van der Waals surface area contributed by atoms with Gasteiger partial charge in [-0.3, -0.25) is 10.5 Å². The summed E-state index contributed by atoms with van der Waals surface area (Å²) in [5.74, 6) is -0.828. The number of hydrogen-bond acceptors (Lipinski definition) is 3. The van der Waals surface area contributed by atoms with Crippen LogP contribution in [0.15, 0.2) is 12.0 Å².